The van der Waals surface area contributed by atoms with E-state index in [4.69, 9.17) is 14.3 Å². The van der Waals surface area contributed by atoms with Crippen LogP contribution in [0.3, 0.4) is 0 Å². The number of ether oxygens (including phenoxy) is 2. The van der Waals surface area contributed by atoms with Crippen LogP contribution in [0.15, 0.2) is 54.6 Å². The van der Waals surface area contributed by atoms with Crippen LogP contribution >= 0.6 is 0 Å². The second-order valence-electron chi connectivity index (χ2n) is 10.1. The number of hydroxylamine groups is 1. The van der Waals surface area contributed by atoms with Crippen molar-refractivity contribution in [3.63, 3.8) is 0 Å². The van der Waals surface area contributed by atoms with Gasteiger partial charge in [0, 0.05) is 48.8 Å². The van der Waals surface area contributed by atoms with Crippen molar-refractivity contribution in [3.8, 4) is 0 Å². The Bertz CT molecular complexity index is 1340. The van der Waals surface area contributed by atoms with Crippen molar-refractivity contribution in [3.05, 3.63) is 71.4 Å². The highest BCUT2D eigenvalue weighted by molar-refractivity contribution is 6.09. The van der Waals surface area contributed by atoms with E-state index in [-0.39, 0.29) is 39.1 Å². The smallest absolute Gasteiger partial charge is 0.344 e. The van der Waals surface area contributed by atoms with Crippen molar-refractivity contribution in [1.82, 2.24) is 20.7 Å². The third-order valence-electron chi connectivity index (χ3n) is 6.60. The van der Waals surface area contributed by atoms with Crippen LogP contribution in [-0.2, 0) is 52.9 Å². The highest BCUT2D eigenvalue weighted by Gasteiger charge is 2.51. The van der Waals surface area contributed by atoms with Gasteiger partial charge in [0.25, 0.3) is 0 Å². The Kier molecular flexibility index (Phi) is 12.1. The Morgan fingerprint density at radius 1 is 0.857 bits per heavy atom. The van der Waals surface area contributed by atoms with Crippen molar-refractivity contribution in [2.45, 2.75) is 51.7 Å². The minimum absolute atomic E-state index is 0.0155. The van der Waals surface area contributed by atoms with E-state index in [1.54, 1.807) is 13.8 Å². The van der Waals surface area contributed by atoms with Crippen molar-refractivity contribution in [2.24, 2.45) is 0 Å². The maximum absolute atomic E-state index is 13.5. The quantitative estimate of drug-likeness (QED) is 0.134. The Morgan fingerprint density at radius 3 is 2.12 bits per heavy atom. The molecule has 0 aliphatic heterocycles. The fourth-order valence-electron chi connectivity index (χ4n) is 4.51. The largest absolute Gasteiger partial charge is 0.464 e. The number of likely N-dealkylation sites (N-methyl/N-ethyl adjacent to an activating group) is 1. The van der Waals surface area contributed by atoms with E-state index in [2.05, 4.69) is 15.8 Å². The molecule has 0 aliphatic carbocycles. The molecule has 0 unspecified atom stereocenters. The molecule has 2 amide bonds. The first kappa shape index (κ1) is 32.3. The summed E-state index contributed by atoms with van der Waals surface area (Å²) < 4.78 is 10.6. The van der Waals surface area contributed by atoms with E-state index in [1.807, 2.05) is 73.6 Å². The molecule has 1 heterocycles. The fourth-order valence-corrected chi connectivity index (χ4v) is 4.51. The van der Waals surface area contributed by atoms with Crippen LogP contribution in [0.25, 0.3) is 10.9 Å². The zero-order chi connectivity index (χ0) is 30.5. The molecule has 11 nitrogen and oxygen atoms in total. The van der Waals surface area contributed by atoms with Gasteiger partial charge in [0.05, 0.1) is 19.8 Å². The average molecular weight is 581 g/mol. The van der Waals surface area contributed by atoms with Crippen LogP contribution in [0.1, 0.15) is 43.5 Å². The number of nitrogens with zero attached hydrogens (tertiary/aromatic N) is 1. The molecule has 0 spiro atoms. The van der Waals surface area contributed by atoms with Gasteiger partial charge < -0.3 is 24.7 Å². The summed E-state index contributed by atoms with van der Waals surface area (Å²) in [5.74, 6) is -3.09. The first-order valence-electron chi connectivity index (χ1n) is 14.0. The first-order valence-corrected chi connectivity index (χ1v) is 14.0. The van der Waals surface area contributed by atoms with Gasteiger partial charge in [-0.15, -0.1) is 0 Å². The fraction of sp³-hybridized carbons (Fsp3) is 0.419. The molecule has 3 N–H and O–H groups in total. The van der Waals surface area contributed by atoms with Gasteiger partial charge in [0.1, 0.15) is 0 Å². The van der Waals surface area contributed by atoms with Gasteiger partial charge in [-0.1, -0.05) is 48.5 Å². The number of hydrogen-bond acceptors (Lipinski definition) is 8. The molecular formula is C31H40N4O7. The Balaban J connectivity index is 1.84. The van der Waals surface area contributed by atoms with E-state index >= 15 is 0 Å². The standard InChI is InChI=1S/C31H40N4O7/c1-5-40-29(38)31(30(39)41-6-2,20-24-23-14-10-11-15-25(23)32-26(24)18-19-35(3)4)33-27(36)16-17-28(37)34-42-21-22-12-8-7-9-13-22/h7-15,32H,5-6,16-21H2,1-4H3,(H,33,36)(H,34,37). The predicted molar refractivity (Wildman–Crippen MR) is 157 cm³/mol. The number of aromatic amines is 1. The lowest BCUT2D eigenvalue weighted by Gasteiger charge is -2.30. The molecule has 1 aromatic heterocycles. The Morgan fingerprint density at radius 2 is 1.48 bits per heavy atom. The molecule has 0 saturated heterocycles. The van der Waals surface area contributed by atoms with Gasteiger partial charge in [-0.25, -0.2) is 15.1 Å². The van der Waals surface area contributed by atoms with Crippen LogP contribution in [-0.4, -0.2) is 73.0 Å². The molecule has 0 atom stereocenters. The zero-order valence-corrected chi connectivity index (χ0v) is 24.7. The number of carbonyl (C=O) groups excluding carboxylic acids is 4. The summed E-state index contributed by atoms with van der Waals surface area (Å²) in [6.07, 6.45) is -0.128. The second-order valence-corrected chi connectivity index (χ2v) is 10.1. The molecule has 42 heavy (non-hydrogen) atoms. The highest BCUT2D eigenvalue weighted by atomic mass is 16.6. The van der Waals surface area contributed by atoms with E-state index < -0.39 is 29.3 Å². The van der Waals surface area contributed by atoms with E-state index in [1.165, 1.54) is 0 Å². The molecule has 0 aliphatic rings. The third-order valence-corrected chi connectivity index (χ3v) is 6.60. The number of para-hydroxylation sites is 1. The molecule has 3 aromatic rings. The number of H-pyrrole nitrogens is 1. The van der Waals surface area contributed by atoms with E-state index in [0.29, 0.717) is 18.5 Å². The minimum Gasteiger partial charge on any atom is -0.464 e. The minimum atomic E-state index is -2.17. The van der Waals surface area contributed by atoms with Gasteiger partial charge >= 0.3 is 11.9 Å². The number of fused-ring (bicyclic) bond motifs is 1. The van der Waals surface area contributed by atoms with Gasteiger partial charge in [-0.2, -0.15) is 0 Å². The molecule has 11 heteroatoms. The molecule has 226 valence electrons. The van der Waals surface area contributed by atoms with Crippen molar-refractivity contribution in [1.29, 1.82) is 0 Å². The summed E-state index contributed by atoms with van der Waals surface area (Å²) in [5, 5.41) is 3.41. The first-order chi connectivity index (χ1) is 20.2. The lowest BCUT2D eigenvalue weighted by Crippen LogP contribution is -2.63. The summed E-state index contributed by atoms with van der Waals surface area (Å²) in [7, 11) is 3.90. The molecule has 0 fully saturated rings. The van der Waals surface area contributed by atoms with Crippen molar-refractivity contribution in [2.75, 3.05) is 33.9 Å². The monoisotopic (exact) mass is 580 g/mol. The van der Waals surface area contributed by atoms with Crippen LogP contribution in [0.4, 0.5) is 0 Å². The highest BCUT2D eigenvalue weighted by Crippen LogP contribution is 2.29. The van der Waals surface area contributed by atoms with Crippen LogP contribution in [0.2, 0.25) is 0 Å². The average Bonchev–Trinajstić information content (AvgIpc) is 3.32. The van der Waals surface area contributed by atoms with E-state index in [9.17, 15) is 19.2 Å². The summed E-state index contributed by atoms with van der Waals surface area (Å²) in [5.41, 5.74) is 3.37. The Hall–Kier alpha value is -4.22. The molecule has 2 aromatic carbocycles. The number of aromatic nitrogens is 1. The number of esters is 2. The number of hydrogen-bond donors (Lipinski definition) is 3. The number of rotatable bonds is 16. The van der Waals surface area contributed by atoms with Crippen molar-refractivity contribution >= 4 is 34.7 Å². The number of nitrogens with one attached hydrogen (secondary N) is 3. The molecule has 3 rings (SSSR count). The summed E-state index contributed by atoms with van der Waals surface area (Å²) in [6.45, 7) is 4.07. The van der Waals surface area contributed by atoms with Crippen LogP contribution in [0, 0.1) is 0 Å². The SMILES string of the molecule is CCOC(=O)C(Cc1c(CCN(C)C)[nH]c2ccccc12)(NC(=O)CCC(=O)NOCc1ccccc1)C(=O)OCC. The number of benzene rings is 2. The lowest BCUT2D eigenvalue weighted by molar-refractivity contribution is -0.168. The maximum atomic E-state index is 13.5. The number of carbonyl (C=O) groups is 4. The summed E-state index contributed by atoms with van der Waals surface area (Å²) in [6, 6.07) is 16.8. The summed E-state index contributed by atoms with van der Waals surface area (Å²) >= 11 is 0. The van der Waals surface area contributed by atoms with Crippen molar-refractivity contribution < 1.29 is 33.5 Å². The predicted octanol–water partition coefficient (Wildman–Crippen LogP) is 2.82. The molecule has 0 radical (unpaired) electrons. The number of amides is 2. The van der Waals surface area contributed by atoms with Gasteiger partial charge in [-0.05, 0) is 45.1 Å². The van der Waals surface area contributed by atoms with Gasteiger partial charge in [0.2, 0.25) is 17.4 Å². The van der Waals surface area contributed by atoms with Gasteiger partial charge in [0.15, 0.2) is 0 Å². The second kappa shape index (κ2) is 15.7. The zero-order valence-electron chi connectivity index (χ0n) is 24.7. The molecular weight excluding hydrogens is 540 g/mol. The normalized spacial score (nSPS) is 11.4. The maximum Gasteiger partial charge on any atom is 0.344 e. The Labute approximate surface area is 245 Å². The van der Waals surface area contributed by atoms with Crippen LogP contribution < -0.4 is 10.8 Å². The topological polar surface area (TPSA) is 139 Å². The summed E-state index contributed by atoms with van der Waals surface area (Å²) in [4.78, 5) is 63.2. The third kappa shape index (κ3) is 8.64. The molecule has 0 saturated carbocycles. The van der Waals surface area contributed by atoms with Crippen LogP contribution in [0.5, 0.6) is 0 Å². The van der Waals surface area contributed by atoms with E-state index in [0.717, 1.165) is 22.2 Å². The molecule has 0 bridgehead atoms. The van der Waals surface area contributed by atoms with Gasteiger partial charge in [-0.3, -0.25) is 14.4 Å². The lowest BCUT2D eigenvalue weighted by atomic mass is 9.88.